The van der Waals surface area contributed by atoms with Crippen LogP contribution in [0.4, 0.5) is 22.0 Å². The zero-order chi connectivity index (χ0) is 23.6. The predicted molar refractivity (Wildman–Crippen MR) is 122 cm³/mol. The van der Waals surface area contributed by atoms with Crippen LogP contribution in [0.5, 0.6) is 5.75 Å². The molecule has 1 aromatic heterocycles. The summed E-state index contributed by atoms with van der Waals surface area (Å²) in [5.74, 6) is -2.60. The number of rotatable bonds is 6. The quantitative estimate of drug-likeness (QED) is 0.451. The second kappa shape index (κ2) is 11.9. The van der Waals surface area contributed by atoms with E-state index < -0.39 is 23.6 Å². The summed E-state index contributed by atoms with van der Waals surface area (Å²) >= 11 is 0. The van der Waals surface area contributed by atoms with Crippen molar-refractivity contribution in [2.24, 2.45) is 0 Å². The molecule has 2 unspecified atom stereocenters. The van der Waals surface area contributed by atoms with Gasteiger partial charge in [-0.1, -0.05) is 6.07 Å². The lowest BCUT2D eigenvalue weighted by molar-refractivity contribution is -0.146. The number of halogens is 7. The Morgan fingerprint density at radius 2 is 1.89 bits per heavy atom. The van der Waals surface area contributed by atoms with E-state index in [-0.39, 0.29) is 49.1 Å². The molecule has 2 heterocycles. The molecule has 2 aromatic carbocycles. The summed E-state index contributed by atoms with van der Waals surface area (Å²) in [5, 5.41) is 16.4. The highest BCUT2D eigenvalue weighted by Crippen LogP contribution is 2.30. The van der Waals surface area contributed by atoms with E-state index in [2.05, 4.69) is 26.2 Å². The van der Waals surface area contributed by atoms with Crippen molar-refractivity contribution >= 4 is 24.8 Å². The van der Waals surface area contributed by atoms with Crippen molar-refractivity contribution in [3.8, 4) is 11.4 Å². The molecular weight excluding hydrogens is 518 g/mol. The second-order valence-electron chi connectivity index (χ2n) is 7.64. The first kappa shape index (κ1) is 28.7. The molecule has 1 saturated heterocycles. The first-order valence-electron chi connectivity index (χ1n) is 10.2. The van der Waals surface area contributed by atoms with Gasteiger partial charge in [-0.25, -0.2) is 8.78 Å². The molecule has 35 heavy (non-hydrogen) atoms. The molecule has 192 valence electrons. The van der Waals surface area contributed by atoms with Gasteiger partial charge in [-0.2, -0.15) is 17.9 Å². The largest absolute Gasteiger partial charge is 0.496 e. The maximum absolute atomic E-state index is 13.8. The Morgan fingerprint density at radius 3 is 2.57 bits per heavy atom. The number of nitrogens with zero attached hydrogens (tertiary/aromatic N) is 4. The lowest BCUT2D eigenvalue weighted by atomic mass is 9.92. The Bertz CT molecular complexity index is 1130. The van der Waals surface area contributed by atoms with Crippen LogP contribution in [0.3, 0.4) is 0 Å². The number of benzene rings is 2. The van der Waals surface area contributed by atoms with Crippen molar-refractivity contribution in [2.75, 3.05) is 13.7 Å². The number of alkyl halides is 3. The zero-order valence-electron chi connectivity index (χ0n) is 18.4. The number of nitrogens with one attached hydrogen (secondary N) is 2. The third kappa shape index (κ3) is 6.37. The number of tetrazole rings is 1. The van der Waals surface area contributed by atoms with E-state index in [1.807, 2.05) is 0 Å². The maximum Gasteiger partial charge on any atom is 0.453 e. The fraction of sp³-hybridized carbons (Fsp3) is 0.381. The summed E-state index contributed by atoms with van der Waals surface area (Å²) in [6.45, 7) is 0.979. The maximum atomic E-state index is 13.8. The molecule has 2 atom stereocenters. The van der Waals surface area contributed by atoms with Gasteiger partial charge in [0.25, 0.3) is 5.82 Å². The van der Waals surface area contributed by atoms with E-state index in [0.717, 1.165) is 25.5 Å². The van der Waals surface area contributed by atoms with Gasteiger partial charge in [-0.15, -0.1) is 29.9 Å². The predicted octanol–water partition coefficient (Wildman–Crippen LogP) is 4.39. The lowest BCUT2D eigenvalue weighted by Crippen LogP contribution is -2.45. The van der Waals surface area contributed by atoms with Gasteiger partial charge in [0.15, 0.2) is 11.6 Å². The van der Waals surface area contributed by atoms with E-state index in [1.165, 1.54) is 31.4 Å². The van der Waals surface area contributed by atoms with E-state index in [0.29, 0.717) is 21.6 Å². The summed E-state index contributed by atoms with van der Waals surface area (Å²) in [6, 6.07) is 7.89. The van der Waals surface area contributed by atoms with Gasteiger partial charge in [0.2, 0.25) is 0 Å². The van der Waals surface area contributed by atoms with Crippen LogP contribution in [0, 0.1) is 11.6 Å². The molecule has 7 nitrogen and oxygen atoms in total. The average Bonchev–Trinajstić information content (AvgIpc) is 3.30. The normalized spacial score (nSPS) is 17.9. The van der Waals surface area contributed by atoms with Crippen molar-refractivity contribution < 1.29 is 26.7 Å². The van der Waals surface area contributed by atoms with Crippen LogP contribution in [0.15, 0.2) is 36.4 Å². The summed E-state index contributed by atoms with van der Waals surface area (Å²) < 4.78 is 72.7. The number of piperidine rings is 1. The number of aromatic nitrogens is 4. The highest BCUT2D eigenvalue weighted by molar-refractivity contribution is 5.85. The van der Waals surface area contributed by atoms with Crippen molar-refractivity contribution in [2.45, 2.75) is 37.6 Å². The Morgan fingerprint density at radius 1 is 1.11 bits per heavy atom. The SMILES string of the molecule is COc1ccc(-n2nnnc2C(F)(F)F)cc1CNC1CCCNC1c1ccc(F)c(F)c1.Cl.Cl. The molecule has 1 fully saturated rings. The van der Waals surface area contributed by atoms with Crippen LogP contribution in [0.1, 0.15) is 35.8 Å². The molecule has 14 heteroatoms. The molecule has 0 amide bonds. The molecule has 3 aromatic rings. The van der Waals surface area contributed by atoms with Gasteiger partial charge < -0.3 is 15.4 Å². The summed E-state index contributed by atoms with van der Waals surface area (Å²) in [5.41, 5.74) is 1.33. The van der Waals surface area contributed by atoms with Crippen molar-refractivity contribution in [1.82, 2.24) is 30.8 Å². The molecule has 2 N–H and O–H groups in total. The Labute approximate surface area is 210 Å². The smallest absolute Gasteiger partial charge is 0.453 e. The van der Waals surface area contributed by atoms with E-state index in [1.54, 1.807) is 6.07 Å². The molecule has 0 saturated carbocycles. The van der Waals surface area contributed by atoms with Gasteiger partial charge in [0, 0.05) is 24.2 Å². The first-order valence-corrected chi connectivity index (χ1v) is 10.2. The van der Waals surface area contributed by atoms with Crippen molar-refractivity contribution in [3.05, 3.63) is 65.0 Å². The minimum atomic E-state index is -4.72. The standard InChI is InChI=1S/C21H21F5N6O.2ClH/c1-33-18-7-5-14(32-20(21(24,25)26)29-30-31-32)9-13(18)11-28-17-3-2-8-27-19(17)12-4-6-15(22)16(23)10-12;;/h4-7,9-10,17,19,27-28H,2-3,8,11H2,1H3;2*1H. The molecule has 0 bridgehead atoms. The minimum Gasteiger partial charge on any atom is -0.496 e. The fourth-order valence-electron chi connectivity index (χ4n) is 3.98. The van der Waals surface area contributed by atoms with Gasteiger partial charge >= 0.3 is 6.18 Å². The fourth-order valence-corrected chi connectivity index (χ4v) is 3.98. The molecular formula is C21H23Cl2F5N6O. The van der Waals surface area contributed by atoms with Crippen LogP contribution in [0.25, 0.3) is 5.69 Å². The number of ether oxygens (including phenoxy) is 1. The van der Waals surface area contributed by atoms with Crippen LogP contribution in [0.2, 0.25) is 0 Å². The Hall–Kier alpha value is -2.54. The lowest BCUT2D eigenvalue weighted by Gasteiger charge is -2.34. The van der Waals surface area contributed by atoms with Gasteiger partial charge in [-0.05, 0) is 65.7 Å². The second-order valence-corrected chi connectivity index (χ2v) is 7.64. The summed E-state index contributed by atoms with van der Waals surface area (Å²) in [6.07, 6.45) is -3.08. The molecule has 0 radical (unpaired) electrons. The highest BCUT2D eigenvalue weighted by Gasteiger charge is 2.38. The van der Waals surface area contributed by atoms with E-state index in [9.17, 15) is 22.0 Å². The monoisotopic (exact) mass is 540 g/mol. The van der Waals surface area contributed by atoms with Gasteiger partial charge in [-0.3, -0.25) is 0 Å². The van der Waals surface area contributed by atoms with Crippen molar-refractivity contribution in [3.63, 3.8) is 0 Å². The average molecular weight is 541 g/mol. The molecule has 1 aliphatic heterocycles. The van der Waals surface area contributed by atoms with Gasteiger partial charge in [0.05, 0.1) is 12.8 Å². The molecule has 0 aliphatic carbocycles. The highest BCUT2D eigenvalue weighted by atomic mass is 35.5. The summed E-state index contributed by atoms with van der Waals surface area (Å²) in [7, 11) is 1.46. The zero-order valence-corrected chi connectivity index (χ0v) is 20.0. The Balaban J connectivity index is 0.00000216. The topological polar surface area (TPSA) is 76.9 Å². The molecule has 4 rings (SSSR count). The number of hydrogen-bond acceptors (Lipinski definition) is 6. The van der Waals surface area contributed by atoms with Gasteiger partial charge in [0.1, 0.15) is 5.75 Å². The Kier molecular flexibility index (Phi) is 9.78. The minimum absolute atomic E-state index is 0. The van der Waals surface area contributed by atoms with E-state index >= 15 is 0 Å². The first-order chi connectivity index (χ1) is 15.8. The number of hydrogen-bond donors (Lipinski definition) is 2. The van der Waals surface area contributed by atoms with Crippen LogP contribution in [-0.2, 0) is 12.7 Å². The van der Waals surface area contributed by atoms with Crippen molar-refractivity contribution in [1.29, 1.82) is 0 Å². The van der Waals surface area contributed by atoms with E-state index in [4.69, 9.17) is 4.74 Å². The van der Waals surface area contributed by atoms with Crippen LogP contribution >= 0.6 is 24.8 Å². The third-order valence-electron chi connectivity index (χ3n) is 5.55. The van der Waals surface area contributed by atoms with Crippen LogP contribution < -0.4 is 15.4 Å². The summed E-state index contributed by atoms with van der Waals surface area (Å²) in [4.78, 5) is 0. The third-order valence-corrected chi connectivity index (χ3v) is 5.55. The molecule has 0 spiro atoms. The van der Waals surface area contributed by atoms with Crippen LogP contribution in [-0.4, -0.2) is 39.9 Å². The molecule has 1 aliphatic rings. The number of methoxy groups -OCH3 is 1.